The van der Waals surface area contributed by atoms with E-state index in [1.165, 1.54) is 0 Å². The number of carbonyl (C=O) groups excluding carboxylic acids is 1. The molecule has 0 bridgehead atoms. The molecule has 1 saturated carbocycles. The number of thiophene rings is 1. The predicted octanol–water partition coefficient (Wildman–Crippen LogP) is 2.55. The minimum Gasteiger partial charge on any atom is -0.349 e. The van der Waals surface area contributed by atoms with Crippen LogP contribution in [0, 0.1) is 5.92 Å². The number of aromatic nitrogens is 4. The Kier molecular flexibility index (Phi) is 3.93. The van der Waals surface area contributed by atoms with Crippen molar-refractivity contribution in [3.8, 4) is 10.6 Å². The molecule has 1 fully saturated rings. The largest absolute Gasteiger partial charge is 0.349 e. The van der Waals surface area contributed by atoms with E-state index in [0.29, 0.717) is 11.5 Å². The Bertz CT molecular complexity index is 815. The SMILES string of the molecule is Cn1cc(C(=O)NC2CC(Cn3cccn3)C2)c(-c2cccs2)n1. The van der Waals surface area contributed by atoms with Gasteiger partial charge in [-0.05, 0) is 36.3 Å². The lowest BCUT2D eigenvalue weighted by Crippen LogP contribution is -2.45. The first kappa shape index (κ1) is 15.1. The number of carbonyl (C=O) groups is 1. The molecule has 3 aromatic heterocycles. The fourth-order valence-corrected chi connectivity index (χ4v) is 3.91. The van der Waals surface area contributed by atoms with Crippen molar-refractivity contribution in [1.29, 1.82) is 0 Å². The molecule has 4 rings (SSSR count). The first-order chi connectivity index (χ1) is 11.7. The van der Waals surface area contributed by atoms with Crippen LogP contribution in [0.2, 0.25) is 0 Å². The van der Waals surface area contributed by atoms with Crippen LogP contribution in [0.5, 0.6) is 0 Å². The zero-order valence-electron chi connectivity index (χ0n) is 13.4. The third-order valence-corrected chi connectivity index (χ3v) is 5.28. The highest BCUT2D eigenvalue weighted by Crippen LogP contribution is 2.30. The number of hydrogen-bond donors (Lipinski definition) is 1. The molecule has 6 nitrogen and oxygen atoms in total. The zero-order chi connectivity index (χ0) is 16.5. The molecule has 0 spiro atoms. The van der Waals surface area contributed by atoms with Gasteiger partial charge in [0, 0.05) is 38.2 Å². The molecule has 0 aliphatic heterocycles. The van der Waals surface area contributed by atoms with Gasteiger partial charge in [0.15, 0.2) is 0 Å². The summed E-state index contributed by atoms with van der Waals surface area (Å²) in [5, 5.41) is 13.8. The number of aryl methyl sites for hydroxylation is 1. The molecule has 3 heterocycles. The van der Waals surface area contributed by atoms with Gasteiger partial charge in [0.1, 0.15) is 5.69 Å². The molecule has 1 aliphatic carbocycles. The van der Waals surface area contributed by atoms with Crippen LogP contribution in [0.4, 0.5) is 0 Å². The molecule has 0 saturated heterocycles. The summed E-state index contributed by atoms with van der Waals surface area (Å²) < 4.78 is 3.66. The molecule has 0 atom stereocenters. The van der Waals surface area contributed by atoms with Crippen LogP contribution in [0.15, 0.2) is 42.2 Å². The Labute approximate surface area is 144 Å². The van der Waals surface area contributed by atoms with Crippen LogP contribution in [-0.4, -0.2) is 31.5 Å². The van der Waals surface area contributed by atoms with Crippen molar-refractivity contribution in [2.24, 2.45) is 13.0 Å². The molecule has 1 aliphatic rings. The summed E-state index contributed by atoms with van der Waals surface area (Å²) in [6, 6.07) is 6.15. The van der Waals surface area contributed by atoms with Gasteiger partial charge in [0.2, 0.25) is 0 Å². The van der Waals surface area contributed by atoms with E-state index >= 15 is 0 Å². The second-order valence-corrected chi connectivity index (χ2v) is 7.23. The van der Waals surface area contributed by atoms with Gasteiger partial charge in [-0.3, -0.25) is 14.2 Å². The Morgan fingerprint density at radius 1 is 1.42 bits per heavy atom. The van der Waals surface area contributed by atoms with Crippen molar-refractivity contribution < 1.29 is 4.79 Å². The van der Waals surface area contributed by atoms with E-state index < -0.39 is 0 Å². The summed E-state index contributed by atoms with van der Waals surface area (Å²) in [5.74, 6) is 0.551. The minimum atomic E-state index is -0.0333. The highest BCUT2D eigenvalue weighted by Gasteiger charge is 2.31. The first-order valence-corrected chi connectivity index (χ1v) is 8.93. The van der Waals surface area contributed by atoms with Crippen LogP contribution in [0.25, 0.3) is 10.6 Å². The lowest BCUT2D eigenvalue weighted by Gasteiger charge is -2.35. The van der Waals surface area contributed by atoms with E-state index in [9.17, 15) is 4.79 Å². The summed E-state index contributed by atoms with van der Waals surface area (Å²) in [6.45, 7) is 0.923. The van der Waals surface area contributed by atoms with Gasteiger partial charge in [0.05, 0.1) is 10.4 Å². The summed E-state index contributed by atoms with van der Waals surface area (Å²) >= 11 is 1.60. The molecule has 124 valence electrons. The summed E-state index contributed by atoms with van der Waals surface area (Å²) in [7, 11) is 1.84. The maximum atomic E-state index is 12.6. The van der Waals surface area contributed by atoms with Gasteiger partial charge in [0.25, 0.3) is 5.91 Å². The molecule has 3 aromatic rings. The molecule has 24 heavy (non-hydrogen) atoms. The molecular weight excluding hydrogens is 322 g/mol. The third kappa shape index (κ3) is 2.99. The summed E-state index contributed by atoms with van der Waals surface area (Å²) in [6.07, 6.45) is 7.58. The number of amides is 1. The van der Waals surface area contributed by atoms with Crippen molar-refractivity contribution in [1.82, 2.24) is 24.9 Å². The van der Waals surface area contributed by atoms with Crippen molar-refractivity contribution in [2.45, 2.75) is 25.4 Å². The van der Waals surface area contributed by atoms with E-state index in [0.717, 1.165) is 30.0 Å². The predicted molar refractivity (Wildman–Crippen MR) is 92.7 cm³/mol. The normalized spacial score (nSPS) is 19.9. The molecule has 0 unspecified atom stereocenters. The second kappa shape index (κ2) is 6.24. The lowest BCUT2D eigenvalue weighted by atomic mass is 9.80. The van der Waals surface area contributed by atoms with Gasteiger partial charge >= 0.3 is 0 Å². The first-order valence-electron chi connectivity index (χ1n) is 8.05. The molecule has 0 aromatic carbocycles. The maximum absolute atomic E-state index is 12.6. The fourth-order valence-electron chi connectivity index (χ4n) is 3.19. The second-order valence-electron chi connectivity index (χ2n) is 6.28. The number of hydrogen-bond acceptors (Lipinski definition) is 4. The number of rotatable bonds is 5. The Hall–Kier alpha value is -2.41. The molecule has 7 heteroatoms. The highest BCUT2D eigenvalue weighted by atomic mass is 32.1. The van der Waals surface area contributed by atoms with E-state index in [-0.39, 0.29) is 11.9 Å². The van der Waals surface area contributed by atoms with Crippen LogP contribution < -0.4 is 5.32 Å². The quantitative estimate of drug-likeness (QED) is 0.776. The van der Waals surface area contributed by atoms with E-state index in [1.807, 2.05) is 41.5 Å². The standard InChI is InChI=1S/C17H19N5OS/c1-21-11-14(16(20-21)15-4-2-7-24-15)17(23)19-13-8-12(9-13)10-22-6-3-5-18-22/h2-7,11-13H,8-10H2,1H3,(H,19,23). The number of nitrogens with one attached hydrogen (secondary N) is 1. The van der Waals surface area contributed by atoms with Crippen molar-refractivity contribution in [3.63, 3.8) is 0 Å². The van der Waals surface area contributed by atoms with Crippen molar-refractivity contribution >= 4 is 17.2 Å². The summed E-state index contributed by atoms with van der Waals surface area (Å²) in [4.78, 5) is 13.6. The van der Waals surface area contributed by atoms with Gasteiger partial charge in [-0.2, -0.15) is 10.2 Å². The van der Waals surface area contributed by atoms with Gasteiger partial charge < -0.3 is 5.32 Å². The topological polar surface area (TPSA) is 64.7 Å². The monoisotopic (exact) mass is 341 g/mol. The van der Waals surface area contributed by atoms with E-state index in [2.05, 4.69) is 15.5 Å². The zero-order valence-corrected chi connectivity index (χ0v) is 14.2. The van der Waals surface area contributed by atoms with Crippen LogP contribution >= 0.6 is 11.3 Å². The van der Waals surface area contributed by atoms with Gasteiger partial charge in [-0.15, -0.1) is 11.3 Å². The van der Waals surface area contributed by atoms with Crippen LogP contribution in [0.1, 0.15) is 23.2 Å². The lowest BCUT2D eigenvalue weighted by molar-refractivity contribution is 0.0880. The fraction of sp³-hybridized carbons (Fsp3) is 0.353. The Morgan fingerprint density at radius 2 is 2.29 bits per heavy atom. The summed E-state index contributed by atoms with van der Waals surface area (Å²) in [5.41, 5.74) is 1.41. The van der Waals surface area contributed by atoms with E-state index in [4.69, 9.17) is 0 Å². The Morgan fingerprint density at radius 3 is 3.00 bits per heavy atom. The van der Waals surface area contributed by atoms with Crippen molar-refractivity contribution in [3.05, 3.63) is 47.7 Å². The van der Waals surface area contributed by atoms with Crippen LogP contribution in [-0.2, 0) is 13.6 Å². The molecular formula is C17H19N5OS. The molecule has 1 N–H and O–H groups in total. The average molecular weight is 341 g/mol. The van der Waals surface area contributed by atoms with Gasteiger partial charge in [-0.1, -0.05) is 6.07 Å². The Balaban J connectivity index is 1.38. The number of nitrogens with zero attached hydrogens (tertiary/aromatic N) is 4. The van der Waals surface area contributed by atoms with Crippen molar-refractivity contribution in [2.75, 3.05) is 0 Å². The maximum Gasteiger partial charge on any atom is 0.255 e. The van der Waals surface area contributed by atoms with Gasteiger partial charge in [-0.25, -0.2) is 0 Å². The smallest absolute Gasteiger partial charge is 0.255 e. The van der Waals surface area contributed by atoms with E-state index in [1.54, 1.807) is 28.4 Å². The van der Waals surface area contributed by atoms with Crippen LogP contribution in [0.3, 0.4) is 0 Å². The highest BCUT2D eigenvalue weighted by molar-refractivity contribution is 7.13. The average Bonchev–Trinajstić information content (AvgIpc) is 3.25. The molecule has 1 amide bonds. The minimum absolute atomic E-state index is 0.0333. The molecule has 0 radical (unpaired) electrons. The third-order valence-electron chi connectivity index (χ3n) is 4.40.